The normalized spacial score (nSPS) is 30.5. The van der Waals surface area contributed by atoms with Crippen molar-refractivity contribution >= 4 is 96.8 Å². The van der Waals surface area contributed by atoms with Gasteiger partial charge in [-0.2, -0.15) is 0 Å². The van der Waals surface area contributed by atoms with E-state index in [9.17, 15) is 73.8 Å². The van der Waals surface area contributed by atoms with Gasteiger partial charge in [0, 0.05) is 137 Å². The Bertz CT molecular complexity index is 5230. The number of nitrogens with zero attached hydrogens (tertiary/aromatic N) is 2. The highest BCUT2D eigenvalue weighted by Crippen LogP contribution is 2.51. The number of aryl methyl sites for hydroxylation is 1. The highest BCUT2D eigenvalue weighted by Gasteiger charge is 2.53. The first-order chi connectivity index (χ1) is 55.0. The van der Waals surface area contributed by atoms with Crippen LogP contribution in [0.4, 0.5) is 17.1 Å². The van der Waals surface area contributed by atoms with Crippen LogP contribution in [0, 0.1) is 61.2 Å². The number of para-hydroxylation sites is 4. The minimum absolute atomic E-state index is 0.00885. The molecule has 0 fully saturated rings. The molecule has 0 saturated heterocycles. The van der Waals surface area contributed by atoms with Crippen LogP contribution in [0.25, 0.3) is 32.8 Å². The summed E-state index contributed by atoms with van der Waals surface area (Å²) in [7, 11) is 6.45. The number of phenolic OH excluding ortho intramolecular Hbond substituents is 2. The van der Waals surface area contributed by atoms with E-state index in [1.807, 2.05) is 43.4 Å². The molecule has 12 rings (SSSR count). The number of hydrogen-bond donors (Lipinski definition) is 10. The third-order valence-corrected chi connectivity index (χ3v) is 22.8. The van der Waals surface area contributed by atoms with E-state index in [0.717, 1.165) is 23.7 Å². The van der Waals surface area contributed by atoms with Crippen LogP contribution in [-0.4, -0.2) is 169 Å². The van der Waals surface area contributed by atoms with Crippen molar-refractivity contribution in [1.82, 2.24) is 14.9 Å². The molecule has 117 heavy (non-hydrogen) atoms. The first-order valence-electron chi connectivity index (χ1n) is 38.5. The van der Waals surface area contributed by atoms with Crippen LogP contribution in [0.5, 0.6) is 23.0 Å². The van der Waals surface area contributed by atoms with E-state index >= 15 is 0 Å². The van der Waals surface area contributed by atoms with Crippen LogP contribution in [0.1, 0.15) is 149 Å². The average molecular weight is 1620 g/mol. The minimum Gasteiger partial charge on any atom is -0.507 e. The Kier molecular flexibility index (Phi) is 27.9. The van der Waals surface area contributed by atoms with Crippen LogP contribution < -0.4 is 36.6 Å². The predicted octanol–water partition coefficient (Wildman–Crippen LogP) is 10.7. The van der Waals surface area contributed by atoms with E-state index in [1.165, 1.54) is 87.2 Å². The lowest BCUT2D eigenvalue weighted by Crippen LogP contribution is -2.46. The van der Waals surface area contributed by atoms with Crippen molar-refractivity contribution in [3.63, 3.8) is 0 Å². The fourth-order valence-electron chi connectivity index (χ4n) is 15.6. The van der Waals surface area contributed by atoms with Crippen molar-refractivity contribution in [1.29, 1.82) is 0 Å². The molecule has 29 nitrogen and oxygen atoms in total. The van der Waals surface area contributed by atoms with Crippen molar-refractivity contribution in [2.45, 2.75) is 171 Å². The van der Waals surface area contributed by atoms with Gasteiger partial charge in [-0.05, 0) is 64.1 Å². The van der Waals surface area contributed by atoms with Gasteiger partial charge < -0.3 is 94.8 Å². The summed E-state index contributed by atoms with van der Waals surface area (Å²) in [5.74, 6) is -15.8. The van der Waals surface area contributed by atoms with Crippen LogP contribution in [0.2, 0.25) is 0 Å². The third-order valence-electron chi connectivity index (χ3n) is 22.8. The number of fused-ring (bicyclic) bond motifs is 16. The molecular weight excluding hydrogens is 1510 g/mol. The molecule has 6 heterocycles. The number of carbonyl (C=O) groups excluding carboxylic acids is 8. The van der Waals surface area contributed by atoms with Crippen molar-refractivity contribution in [3.8, 4) is 23.0 Å². The zero-order valence-electron chi connectivity index (χ0n) is 69.3. The van der Waals surface area contributed by atoms with E-state index in [-0.39, 0.29) is 78.0 Å². The van der Waals surface area contributed by atoms with Crippen LogP contribution in [0.3, 0.4) is 0 Å². The standard InChI is InChI=1S/C44H51N3O11.C37H45NO12.C7H10N2/c1-20-14-13-15-21(2)43(54)46-34-35-33(45-27-16-11-12-17-28(27)47(35)9)30-31(39(34)52)38(51)25(6)41-32(30)42(53)44(8,58-41)56-19-18-29(55-10)22(3)40(57-26(7)48)24(5)37(50)23(4)36(20)49;1-16-11-10-12-17(2)36(46)38-23-15-24(40)26-27(32(23)44)31(43)21(6)34-28(26)35(45)37(8,50-34)48-14-13-25(47-9)18(3)33(49-22(7)39)20(5)30(42)19(4)29(16)41;1-9-7-5-3-2-4-6(7)8/h11-20,22-24,29,36-37,40,49-50,52H,1-10H3,(H,46,54);10-16,18-20,25,29-30,33,41-43H,1-9H3,(H,38,46);2-5,9H,8H2,1H3/b14-13+,19-18+,21-15-;11-10+,14-13+,17-12-;/t20-,22+,23+,24+,29-,36-,37+,40+,44-;16-,18+,19+,20+,25-,29-,30+,33+,37-;/m00./s1. The van der Waals surface area contributed by atoms with Gasteiger partial charge in [-0.1, -0.05) is 116 Å². The first kappa shape index (κ1) is 89.6. The number of carbonyl (C=O) groups is 8. The molecule has 6 aliphatic rings. The van der Waals surface area contributed by atoms with Crippen LogP contribution in [-0.2, 0) is 54.6 Å². The fourth-order valence-corrected chi connectivity index (χ4v) is 15.6. The zero-order valence-corrected chi connectivity index (χ0v) is 69.3. The Labute approximate surface area is 677 Å². The van der Waals surface area contributed by atoms with Gasteiger partial charge in [0.25, 0.3) is 23.4 Å². The van der Waals surface area contributed by atoms with Gasteiger partial charge >= 0.3 is 23.5 Å². The third kappa shape index (κ3) is 17.8. The minimum atomic E-state index is -2.03. The molecule has 1 aromatic heterocycles. The predicted molar refractivity (Wildman–Crippen MR) is 438 cm³/mol. The smallest absolute Gasteiger partial charge is 0.312 e. The number of anilines is 3. The Morgan fingerprint density at radius 2 is 1.05 bits per heavy atom. The largest absolute Gasteiger partial charge is 0.507 e. The van der Waals surface area contributed by atoms with Crippen LogP contribution >= 0.6 is 0 Å². The van der Waals surface area contributed by atoms with Crippen molar-refractivity contribution in [2.24, 2.45) is 54.4 Å². The molecule has 11 N–H and O–H groups in total. The van der Waals surface area contributed by atoms with Gasteiger partial charge in [-0.15, -0.1) is 0 Å². The van der Waals surface area contributed by atoms with Gasteiger partial charge in [0.2, 0.25) is 5.78 Å². The molecule has 0 saturated carbocycles. The summed E-state index contributed by atoms with van der Waals surface area (Å²) in [6.07, 6.45) is 8.11. The number of phenols is 2. The number of esters is 2. The van der Waals surface area contributed by atoms with E-state index in [2.05, 4.69) is 16.0 Å². The maximum Gasteiger partial charge on any atom is 0.312 e. The van der Waals surface area contributed by atoms with Crippen molar-refractivity contribution in [2.75, 3.05) is 37.6 Å². The molecule has 18 atom stereocenters. The number of aromatic hydroxyl groups is 2. The van der Waals surface area contributed by atoms with Gasteiger partial charge in [0.15, 0.2) is 17.0 Å². The number of aliphatic hydroxyl groups excluding tert-OH is 4. The summed E-state index contributed by atoms with van der Waals surface area (Å²) in [6, 6.07) is 14.9. The number of allylic oxidation sites excluding steroid dienone is 6. The highest BCUT2D eigenvalue weighted by atomic mass is 16.7. The number of aliphatic hydroxyl groups is 4. The number of nitrogens with two attached hydrogens (primary N) is 1. The van der Waals surface area contributed by atoms with Crippen molar-refractivity contribution in [3.05, 3.63) is 176 Å². The lowest BCUT2D eigenvalue weighted by molar-refractivity contribution is -0.161. The first-order valence-corrected chi connectivity index (χ1v) is 38.5. The number of nitrogens with one attached hydrogen (secondary N) is 3. The molecule has 0 spiro atoms. The second kappa shape index (κ2) is 36.4. The lowest BCUT2D eigenvalue weighted by Gasteiger charge is -2.38. The summed E-state index contributed by atoms with van der Waals surface area (Å²) in [6.45, 7) is 25.0. The van der Waals surface area contributed by atoms with Gasteiger partial charge in [-0.3, -0.25) is 43.2 Å². The molecule has 29 heteroatoms. The number of hydrogen-bond acceptors (Lipinski definition) is 26. The van der Waals surface area contributed by atoms with Crippen LogP contribution in [0.15, 0.2) is 137 Å². The topological polar surface area (TPSA) is 429 Å². The number of benzene rings is 5. The molecule has 1 aliphatic carbocycles. The second-order valence-electron chi connectivity index (χ2n) is 30.9. The van der Waals surface area contributed by atoms with Gasteiger partial charge in [-0.25, -0.2) is 4.98 Å². The molecule has 2 amide bonds. The summed E-state index contributed by atoms with van der Waals surface area (Å²) in [4.78, 5) is 126. The highest BCUT2D eigenvalue weighted by molar-refractivity contribution is 6.31. The Morgan fingerprint density at radius 1 is 0.581 bits per heavy atom. The molecule has 0 radical (unpaired) electrons. The molecule has 626 valence electrons. The maximum atomic E-state index is 14.6. The SMILES string of the molecule is CNc1ccccc1N.CO[C@H]1/C=C/O[C@@]2(C)Oc3c(C)c(=O)c4c(O)c(c5c(nc6ccccc6n5C)c4c3C2=O)NC(=O)/C(C)=C\C=C\[C@H](C)[C@H](O)[C@@H](C)[C@@H](O)[C@@H](C)[C@H](OC(C)=O)[C@@H]1C.CO[C@H]1/C=C/O[C@@]2(C)Oc3c(C)c(O)c4c(c3C2=O)C(=O)C=C(NC(=O)/C(C)=C\C=C\[C@H](C)[C@H](O)[C@@H](C)[C@@H](O)[C@@H](C)[C@H](OC(C)=O)[C@@H]1C)C4=O. The second-order valence-corrected chi connectivity index (χ2v) is 30.9. The quantitative estimate of drug-likeness (QED) is 0.0252. The maximum absolute atomic E-state index is 14.6. The Morgan fingerprint density at radius 3 is 1.53 bits per heavy atom. The molecule has 5 aromatic carbocycles. The average Bonchev–Trinajstić information content (AvgIpc) is 1.64. The Balaban J connectivity index is 0.000000243. The van der Waals surface area contributed by atoms with E-state index in [4.69, 9.17) is 48.6 Å². The van der Waals surface area contributed by atoms with Gasteiger partial charge in [0.1, 0.15) is 35.1 Å². The lowest BCUT2D eigenvalue weighted by atomic mass is 9.78. The van der Waals surface area contributed by atoms with Crippen molar-refractivity contribution < 1.29 is 107 Å². The number of ether oxygens (including phenoxy) is 8. The monoisotopic (exact) mass is 1610 g/mol. The number of methoxy groups -OCH3 is 2. The number of aromatic nitrogens is 2. The molecule has 0 unspecified atom stereocenters. The number of Topliss-reactive ketones (excluding diaryl/α,β-unsaturated/α-hetero) is 3. The zero-order chi connectivity index (χ0) is 86.6. The van der Waals surface area contributed by atoms with Gasteiger partial charge in [0.05, 0.1) is 116 Å². The summed E-state index contributed by atoms with van der Waals surface area (Å²) < 4.78 is 48.6. The molecule has 5 aliphatic heterocycles. The number of amides is 2. The van der Waals surface area contributed by atoms with E-state index in [1.54, 1.807) is 116 Å². The number of ketones is 4. The summed E-state index contributed by atoms with van der Waals surface area (Å²) >= 11 is 0. The molecular formula is C88H106N6O23. The summed E-state index contributed by atoms with van der Waals surface area (Å²) in [5, 5.41) is 76.6. The summed E-state index contributed by atoms with van der Waals surface area (Å²) in [5.41, 5.74) is 7.08. The molecule has 9 bridgehead atoms. The van der Waals surface area contributed by atoms with E-state index < -0.39 is 183 Å². The number of nitrogen functional groups attached to an aromatic ring is 1. The molecule has 6 aromatic rings. The Hall–Kier alpha value is -11.3. The number of rotatable bonds is 5. The van der Waals surface area contributed by atoms with E-state index in [0.29, 0.717) is 11.0 Å². The fraction of sp³-hybridized carbons (Fsp3) is 0.432.